The summed E-state index contributed by atoms with van der Waals surface area (Å²) >= 11 is 0. The maximum atomic E-state index is 12.9. The molecule has 6 heteroatoms. The Kier molecular flexibility index (Phi) is 3.19. The molecule has 4 rings (SSSR count). The molecule has 1 N–H and O–H groups in total. The Morgan fingerprint density at radius 3 is 2.43 bits per heavy atom. The Morgan fingerprint density at radius 2 is 1.76 bits per heavy atom. The highest BCUT2D eigenvalue weighted by molar-refractivity contribution is 5.86. The number of ether oxygens (including phenoxy) is 2. The van der Waals surface area contributed by atoms with Crippen LogP contribution in [-0.4, -0.2) is 58.9 Å². The van der Waals surface area contributed by atoms with E-state index in [2.05, 4.69) is 0 Å². The SMILES string of the molecule is O=C(O)[C@@H]1C[C@@H]2OCC[C@@H]2N1C(=O)C1C[C@H]2CC[C@@H](C1)O2. The fourth-order valence-electron chi connectivity index (χ4n) is 4.55. The van der Waals surface area contributed by atoms with Crippen LogP contribution in [0, 0.1) is 5.92 Å². The van der Waals surface area contributed by atoms with Crippen LogP contribution in [-0.2, 0) is 19.1 Å². The Hall–Kier alpha value is -1.14. The van der Waals surface area contributed by atoms with E-state index in [4.69, 9.17) is 9.47 Å². The Morgan fingerprint density at radius 1 is 1.05 bits per heavy atom. The van der Waals surface area contributed by atoms with E-state index in [-0.39, 0.29) is 36.2 Å². The predicted molar refractivity (Wildman–Crippen MR) is 71.7 cm³/mol. The van der Waals surface area contributed by atoms with Gasteiger partial charge in [0.2, 0.25) is 5.91 Å². The van der Waals surface area contributed by atoms with Crippen LogP contribution in [0.2, 0.25) is 0 Å². The van der Waals surface area contributed by atoms with E-state index in [1.54, 1.807) is 4.90 Å². The first-order valence-corrected chi connectivity index (χ1v) is 7.95. The molecule has 6 atom stereocenters. The van der Waals surface area contributed by atoms with Crippen LogP contribution in [0.5, 0.6) is 0 Å². The number of carbonyl (C=O) groups is 2. The van der Waals surface area contributed by atoms with E-state index in [0.29, 0.717) is 13.0 Å². The molecule has 4 aliphatic rings. The van der Waals surface area contributed by atoms with Crippen molar-refractivity contribution in [1.29, 1.82) is 0 Å². The lowest BCUT2D eigenvalue weighted by Crippen LogP contribution is -2.49. The van der Waals surface area contributed by atoms with Crippen LogP contribution in [0.1, 0.15) is 38.5 Å². The highest BCUT2D eigenvalue weighted by atomic mass is 16.5. The fourth-order valence-corrected chi connectivity index (χ4v) is 4.55. The summed E-state index contributed by atoms with van der Waals surface area (Å²) in [6, 6.07) is -0.757. The van der Waals surface area contributed by atoms with Crippen LogP contribution in [0.15, 0.2) is 0 Å². The predicted octanol–water partition coefficient (Wildman–Crippen LogP) is 0.787. The third-order valence-corrected chi connectivity index (χ3v) is 5.50. The highest BCUT2D eigenvalue weighted by Crippen LogP contribution is 2.40. The van der Waals surface area contributed by atoms with Crippen LogP contribution in [0.25, 0.3) is 0 Å². The number of hydrogen-bond donors (Lipinski definition) is 1. The standard InChI is InChI=1S/C15H21NO5/c17-14(8-5-9-1-2-10(6-8)21-9)16-11-3-4-20-13(11)7-12(16)15(18)19/h8-13H,1-7H2,(H,18,19)/t8?,9-,10+,11-,12-,13-/m0/s1. The quantitative estimate of drug-likeness (QED) is 0.815. The molecule has 6 nitrogen and oxygen atoms in total. The zero-order valence-corrected chi connectivity index (χ0v) is 11.9. The molecule has 4 saturated heterocycles. The zero-order valence-electron chi connectivity index (χ0n) is 11.9. The number of likely N-dealkylation sites (tertiary alicyclic amines) is 1. The first kappa shape index (κ1) is 13.5. The van der Waals surface area contributed by atoms with Gasteiger partial charge < -0.3 is 19.5 Å². The monoisotopic (exact) mass is 295 g/mol. The number of amides is 1. The number of nitrogens with zero attached hydrogens (tertiary/aromatic N) is 1. The van der Waals surface area contributed by atoms with E-state index < -0.39 is 12.0 Å². The van der Waals surface area contributed by atoms with Crippen molar-refractivity contribution in [3.63, 3.8) is 0 Å². The summed E-state index contributed by atoms with van der Waals surface area (Å²) in [5, 5.41) is 9.43. The van der Waals surface area contributed by atoms with E-state index in [1.807, 2.05) is 0 Å². The van der Waals surface area contributed by atoms with Gasteiger partial charge >= 0.3 is 5.97 Å². The van der Waals surface area contributed by atoms with Gasteiger partial charge in [-0.25, -0.2) is 4.79 Å². The molecule has 1 amide bonds. The average Bonchev–Trinajstić information content (AvgIpc) is 3.11. The maximum absolute atomic E-state index is 12.9. The van der Waals surface area contributed by atoms with Gasteiger partial charge in [-0.15, -0.1) is 0 Å². The van der Waals surface area contributed by atoms with E-state index in [0.717, 1.165) is 32.1 Å². The summed E-state index contributed by atoms with van der Waals surface area (Å²) in [7, 11) is 0. The molecular formula is C15H21NO5. The molecule has 0 saturated carbocycles. The van der Waals surface area contributed by atoms with Crippen LogP contribution in [0.3, 0.4) is 0 Å². The smallest absolute Gasteiger partial charge is 0.326 e. The van der Waals surface area contributed by atoms with Gasteiger partial charge in [0.15, 0.2) is 0 Å². The largest absolute Gasteiger partial charge is 0.480 e. The van der Waals surface area contributed by atoms with Gasteiger partial charge in [0.05, 0.1) is 24.4 Å². The van der Waals surface area contributed by atoms with Gasteiger partial charge in [-0.3, -0.25) is 4.79 Å². The third kappa shape index (κ3) is 2.16. The number of aliphatic carboxylic acids is 1. The lowest BCUT2D eigenvalue weighted by Gasteiger charge is -2.34. The van der Waals surface area contributed by atoms with Crippen molar-refractivity contribution in [2.75, 3.05) is 6.61 Å². The molecule has 1 unspecified atom stereocenters. The van der Waals surface area contributed by atoms with Crippen molar-refractivity contribution in [3.8, 4) is 0 Å². The number of rotatable bonds is 2. The van der Waals surface area contributed by atoms with E-state index >= 15 is 0 Å². The van der Waals surface area contributed by atoms with Crippen LogP contribution in [0.4, 0.5) is 0 Å². The molecule has 0 aromatic carbocycles. The average molecular weight is 295 g/mol. The molecule has 0 aromatic heterocycles. The molecule has 116 valence electrons. The van der Waals surface area contributed by atoms with Gasteiger partial charge in [0.25, 0.3) is 0 Å². The first-order chi connectivity index (χ1) is 10.1. The van der Waals surface area contributed by atoms with Gasteiger partial charge in [-0.2, -0.15) is 0 Å². The molecule has 0 spiro atoms. The Labute approximate surface area is 123 Å². The minimum atomic E-state index is -0.906. The van der Waals surface area contributed by atoms with Gasteiger partial charge in [0.1, 0.15) is 6.04 Å². The van der Waals surface area contributed by atoms with Crippen molar-refractivity contribution in [1.82, 2.24) is 4.90 Å². The summed E-state index contributed by atoms with van der Waals surface area (Å²) in [6.07, 6.45) is 5.05. The third-order valence-electron chi connectivity index (χ3n) is 5.50. The van der Waals surface area contributed by atoms with Crippen LogP contribution < -0.4 is 0 Å². The minimum absolute atomic E-state index is 0.0144. The van der Waals surface area contributed by atoms with E-state index in [1.165, 1.54) is 0 Å². The lowest BCUT2D eigenvalue weighted by molar-refractivity contribution is -0.154. The molecule has 0 aromatic rings. The van der Waals surface area contributed by atoms with Gasteiger partial charge in [-0.1, -0.05) is 0 Å². The Bertz CT molecular complexity index is 455. The molecule has 4 heterocycles. The summed E-state index contributed by atoms with van der Waals surface area (Å²) in [5.41, 5.74) is 0. The zero-order chi connectivity index (χ0) is 14.6. The molecule has 21 heavy (non-hydrogen) atoms. The number of carboxylic acid groups (broad SMARTS) is 1. The van der Waals surface area contributed by atoms with Crippen molar-refractivity contribution in [2.45, 2.75) is 68.9 Å². The fraction of sp³-hybridized carbons (Fsp3) is 0.867. The second-order valence-electron chi connectivity index (χ2n) is 6.73. The molecule has 0 radical (unpaired) electrons. The summed E-state index contributed by atoms with van der Waals surface area (Å²) in [4.78, 5) is 26.1. The minimum Gasteiger partial charge on any atom is -0.480 e. The van der Waals surface area contributed by atoms with Crippen molar-refractivity contribution in [3.05, 3.63) is 0 Å². The molecule has 0 aliphatic carbocycles. The normalized spacial score (nSPS) is 44.9. The topological polar surface area (TPSA) is 76.1 Å². The highest BCUT2D eigenvalue weighted by Gasteiger charge is 2.52. The number of hydrogen-bond acceptors (Lipinski definition) is 4. The molecule has 4 aliphatic heterocycles. The first-order valence-electron chi connectivity index (χ1n) is 7.95. The maximum Gasteiger partial charge on any atom is 0.326 e. The number of carboxylic acids is 1. The second kappa shape index (κ2) is 4.95. The molecule has 4 fully saturated rings. The van der Waals surface area contributed by atoms with Crippen molar-refractivity contribution < 1.29 is 24.2 Å². The van der Waals surface area contributed by atoms with E-state index in [9.17, 15) is 14.7 Å². The number of carbonyl (C=O) groups excluding carboxylic acids is 1. The molecule has 2 bridgehead atoms. The van der Waals surface area contributed by atoms with Gasteiger partial charge in [-0.05, 0) is 32.1 Å². The van der Waals surface area contributed by atoms with Gasteiger partial charge in [0, 0.05) is 18.9 Å². The summed E-state index contributed by atoms with van der Waals surface area (Å²) in [5.74, 6) is -0.963. The van der Waals surface area contributed by atoms with Crippen molar-refractivity contribution >= 4 is 11.9 Å². The number of fused-ring (bicyclic) bond motifs is 3. The Balaban J connectivity index is 1.55. The van der Waals surface area contributed by atoms with Crippen LogP contribution >= 0.6 is 0 Å². The second-order valence-corrected chi connectivity index (χ2v) is 6.73. The molecular weight excluding hydrogens is 274 g/mol. The summed E-state index contributed by atoms with van der Waals surface area (Å²) in [6.45, 7) is 0.629. The van der Waals surface area contributed by atoms with Crippen molar-refractivity contribution in [2.24, 2.45) is 5.92 Å². The lowest BCUT2D eigenvalue weighted by atomic mass is 9.93. The summed E-state index contributed by atoms with van der Waals surface area (Å²) < 4.78 is 11.4.